The van der Waals surface area contributed by atoms with Gasteiger partial charge in [-0.2, -0.15) is 0 Å². The average Bonchev–Trinajstić information content (AvgIpc) is 2.33. The number of hydrogen-bond donors (Lipinski definition) is 4. The molecule has 0 fully saturated rings. The first-order valence-electron chi connectivity index (χ1n) is 5.81. The molecule has 5 nitrogen and oxygen atoms in total. The predicted octanol–water partition coefficient (Wildman–Crippen LogP) is 0.953. The fourth-order valence-electron chi connectivity index (χ4n) is 1.80. The van der Waals surface area contributed by atoms with Gasteiger partial charge in [-0.3, -0.25) is 4.98 Å². The van der Waals surface area contributed by atoms with Crippen LogP contribution >= 0.6 is 0 Å². The van der Waals surface area contributed by atoms with Crippen molar-refractivity contribution in [1.29, 1.82) is 0 Å². The second-order valence-electron chi connectivity index (χ2n) is 4.19. The quantitative estimate of drug-likeness (QED) is 0.477. The predicted molar refractivity (Wildman–Crippen MR) is 72.1 cm³/mol. The van der Waals surface area contributed by atoms with Gasteiger partial charge in [0.15, 0.2) is 0 Å². The van der Waals surface area contributed by atoms with Gasteiger partial charge in [-0.25, -0.2) is 0 Å². The number of fused-ring (bicyclic) bond motifs is 1. The molecule has 2 rings (SSSR count). The standard InChI is InChI=1S/C12H16N2O3Si/c15-18(16,17)9-3-8-13-11-6-1-4-10-5-2-7-14-12(10)11/h1-2,4-7,13,15-17H,3,8-9H2. The maximum atomic E-state index is 8.90. The van der Waals surface area contributed by atoms with Gasteiger partial charge in [0, 0.05) is 24.2 Å². The minimum Gasteiger partial charge on any atom is -0.390 e. The lowest BCUT2D eigenvalue weighted by molar-refractivity contribution is 0.227. The maximum absolute atomic E-state index is 8.90. The van der Waals surface area contributed by atoms with Crippen LogP contribution in [0.5, 0.6) is 0 Å². The molecule has 1 aromatic heterocycles. The van der Waals surface area contributed by atoms with Gasteiger partial charge in [0.2, 0.25) is 0 Å². The van der Waals surface area contributed by atoms with Crippen molar-refractivity contribution in [3.63, 3.8) is 0 Å². The number of pyridine rings is 1. The highest BCUT2D eigenvalue weighted by molar-refractivity contribution is 6.56. The highest BCUT2D eigenvalue weighted by Gasteiger charge is 2.25. The third kappa shape index (κ3) is 3.51. The smallest absolute Gasteiger partial charge is 0.390 e. The van der Waals surface area contributed by atoms with Crippen LogP contribution in [0.2, 0.25) is 6.04 Å². The van der Waals surface area contributed by atoms with Gasteiger partial charge >= 0.3 is 8.80 Å². The molecule has 0 aliphatic rings. The normalized spacial score (nSPS) is 11.7. The number of nitrogens with zero attached hydrogens (tertiary/aromatic N) is 1. The van der Waals surface area contributed by atoms with Crippen LogP contribution in [-0.4, -0.2) is 34.7 Å². The molecule has 2 aromatic rings. The lowest BCUT2D eigenvalue weighted by Gasteiger charge is -2.11. The van der Waals surface area contributed by atoms with Gasteiger partial charge in [-0.1, -0.05) is 18.2 Å². The Morgan fingerprint density at radius 2 is 1.89 bits per heavy atom. The average molecular weight is 264 g/mol. The Bertz CT molecular complexity index is 523. The lowest BCUT2D eigenvalue weighted by Crippen LogP contribution is -2.34. The van der Waals surface area contributed by atoms with E-state index in [1.165, 1.54) is 0 Å². The van der Waals surface area contributed by atoms with Crippen molar-refractivity contribution < 1.29 is 14.4 Å². The molecule has 4 N–H and O–H groups in total. The fraction of sp³-hybridized carbons (Fsp3) is 0.250. The molecule has 0 spiro atoms. The molecule has 6 heteroatoms. The molecular formula is C12H16N2O3Si. The number of para-hydroxylation sites is 1. The number of nitrogens with one attached hydrogen (secondary N) is 1. The van der Waals surface area contributed by atoms with Crippen LogP contribution in [0.3, 0.4) is 0 Å². The Labute approximate surface area is 106 Å². The third-order valence-electron chi connectivity index (χ3n) is 2.64. The zero-order valence-corrected chi connectivity index (χ0v) is 10.9. The van der Waals surface area contributed by atoms with Gasteiger partial charge in [-0.15, -0.1) is 0 Å². The van der Waals surface area contributed by atoms with Gasteiger partial charge in [-0.05, 0) is 18.6 Å². The first-order valence-corrected chi connectivity index (χ1v) is 7.86. The number of anilines is 1. The van der Waals surface area contributed by atoms with E-state index in [2.05, 4.69) is 10.3 Å². The molecule has 0 saturated heterocycles. The van der Waals surface area contributed by atoms with Crippen molar-refractivity contribution in [3.8, 4) is 0 Å². The second kappa shape index (κ2) is 5.45. The molecule has 1 heterocycles. The summed E-state index contributed by atoms with van der Waals surface area (Å²) in [6.45, 7) is 0.562. The van der Waals surface area contributed by atoms with Gasteiger partial charge < -0.3 is 19.7 Å². The number of rotatable bonds is 5. The van der Waals surface area contributed by atoms with Gasteiger partial charge in [0.25, 0.3) is 0 Å². The molecule has 0 unspecified atom stereocenters. The maximum Gasteiger partial charge on any atom is 0.492 e. The van der Waals surface area contributed by atoms with E-state index in [1.807, 2.05) is 30.3 Å². The van der Waals surface area contributed by atoms with Crippen molar-refractivity contribution in [2.75, 3.05) is 11.9 Å². The lowest BCUT2D eigenvalue weighted by atomic mass is 10.2. The van der Waals surface area contributed by atoms with E-state index in [0.717, 1.165) is 16.6 Å². The Morgan fingerprint density at radius 1 is 1.11 bits per heavy atom. The molecule has 96 valence electrons. The monoisotopic (exact) mass is 264 g/mol. The fourth-order valence-corrected chi connectivity index (χ4v) is 2.45. The molecule has 0 bridgehead atoms. The molecule has 0 aliphatic heterocycles. The Hall–Kier alpha value is -1.47. The highest BCUT2D eigenvalue weighted by Crippen LogP contribution is 2.20. The van der Waals surface area contributed by atoms with Crippen molar-refractivity contribution in [2.45, 2.75) is 12.5 Å². The zero-order chi connectivity index (χ0) is 13.0. The van der Waals surface area contributed by atoms with Crippen LogP contribution in [0, 0.1) is 0 Å². The van der Waals surface area contributed by atoms with Crippen LogP contribution in [0.25, 0.3) is 10.9 Å². The van der Waals surface area contributed by atoms with E-state index in [0.29, 0.717) is 13.0 Å². The minimum atomic E-state index is -3.90. The van der Waals surface area contributed by atoms with E-state index in [1.54, 1.807) is 6.20 Å². The summed E-state index contributed by atoms with van der Waals surface area (Å²) in [5.41, 5.74) is 1.80. The Kier molecular flexibility index (Phi) is 3.92. The summed E-state index contributed by atoms with van der Waals surface area (Å²) in [5, 5.41) is 4.24. The molecule has 0 aliphatic carbocycles. The second-order valence-corrected chi connectivity index (χ2v) is 6.23. The van der Waals surface area contributed by atoms with E-state index >= 15 is 0 Å². The summed E-state index contributed by atoms with van der Waals surface area (Å²) in [6, 6.07) is 9.77. The molecular weight excluding hydrogens is 248 g/mol. The Balaban J connectivity index is 2.00. The molecule has 1 aromatic carbocycles. The molecule has 0 amide bonds. The molecule has 0 atom stereocenters. The van der Waals surface area contributed by atoms with Crippen LogP contribution in [-0.2, 0) is 0 Å². The van der Waals surface area contributed by atoms with Crippen molar-refractivity contribution in [1.82, 2.24) is 4.98 Å². The van der Waals surface area contributed by atoms with Crippen LogP contribution in [0.4, 0.5) is 5.69 Å². The van der Waals surface area contributed by atoms with Crippen molar-refractivity contribution in [2.24, 2.45) is 0 Å². The molecule has 0 radical (unpaired) electrons. The molecule has 0 saturated carbocycles. The van der Waals surface area contributed by atoms with Gasteiger partial charge in [0.05, 0.1) is 11.2 Å². The van der Waals surface area contributed by atoms with Crippen LogP contribution < -0.4 is 5.32 Å². The minimum absolute atomic E-state index is 0.0399. The van der Waals surface area contributed by atoms with Gasteiger partial charge in [0.1, 0.15) is 0 Å². The summed E-state index contributed by atoms with van der Waals surface area (Å²) in [5.74, 6) is 0. The SMILES string of the molecule is O[Si](O)(O)CCCNc1cccc2cccnc12. The van der Waals surface area contributed by atoms with Crippen molar-refractivity contribution >= 4 is 25.4 Å². The number of hydrogen-bond acceptors (Lipinski definition) is 5. The largest absolute Gasteiger partial charge is 0.492 e. The van der Waals surface area contributed by atoms with E-state index in [4.69, 9.17) is 14.4 Å². The van der Waals surface area contributed by atoms with E-state index < -0.39 is 8.80 Å². The number of benzene rings is 1. The zero-order valence-electron chi connectivity index (χ0n) is 9.87. The van der Waals surface area contributed by atoms with Crippen LogP contribution in [0.15, 0.2) is 36.5 Å². The first-order chi connectivity index (χ1) is 8.56. The number of aromatic nitrogens is 1. The summed E-state index contributed by atoms with van der Waals surface area (Å²) in [4.78, 5) is 31.0. The van der Waals surface area contributed by atoms with Crippen LogP contribution in [0.1, 0.15) is 6.42 Å². The molecule has 18 heavy (non-hydrogen) atoms. The summed E-state index contributed by atoms with van der Waals surface area (Å²) in [6.07, 6.45) is 2.24. The third-order valence-corrected chi connectivity index (χ3v) is 3.66. The summed E-state index contributed by atoms with van der Waals surface area (Å²) < 4.78 is 0. The summed E-state index contributed by atoms with van der Waals surface area (Å²) >= 11 is 0. The van der Waals surface area contributed by atoms with E-state index in [-0.39, 0.29) is 6.04 Å². The Morgan fingerprint density at radius 3 is 2.67 bits per heavy atom. The summed E-state index contributed by atoms with van der Waals surface area (Å²) in [7, 11) is -3.90. The first kappa shape index (κ1) is 13.0. The highest BCUT2D eigenvalue weighted by atomic mass is 28.4. The topological polar surface area (TPSA) is 85.6 Å². The van der Waals surface area contributed by atoms with E-state index in [9.17, 15) is 0 Å². The van der Waals surface area contributed by atoms with Crippen molar-refractivity contribution in [3.05, 3.63) is 36.5 Å².